The van der Waals surface area contributed by atoms with E-state index in [0.29, 0.717) is 15.4 Å². The Balaban J connectivity index is 2.65. The van der Waals surface area contributed by atoms with E-state index in [4.69, 9.17) is 5.11 Å². The maximum absolute atomic E-state index is 14.1. The molecule has 0 heterocycles. The second-order valence-electron chi connectivity index (χ2n) is 5.49. The molecule has 0 amide bonds. The van der Waals surface area contributed by atoms with Crippen LogP contribution in [0.3, 0.4) is 0 Å². The number of halogens is 5. The van der Waals surface area contributed by atoms with Crippen LogP contribution in [0.15, 0.2) is 33.6 Å². The molecule has 0 fully saturated rings. The number of hydrogen-bond acceptors (Lipinski definition) is 3. The van der Waals surface area contributed by atoms with Gasteiger partial charge in [-0.25, -0.2) is 26.0 Å². The average molecular weight is 470 g/mol. The molecule has 27 heavy (non-hydrogen) atoms. The number of hydrogen-bond donors (Lipinski definition) is 1. The summed E-state index contributed by atoms with van der Waals surface area (Å²) >= 11 is 2.41. The molecule has 1 N–H and O–H groups in total. The number of carboxylic acids is 1. The van der Waals surface area contributed by atoms with Gasteiger partial charge in [-0.3, -0.25) is 4.79 Å². The van der Waals surface area contributed by atoms with Crippen molar-refractivity contribution in [1.82, 2.24) is 4.31 Å². The van der Waals surface area contributed by atoms with Crippen molar-refractivity contribution in [1.29, 1.82) is 0 Å². The first-order valence-electron chi connectivity index (χ1n) is 7.26. The molecule has 0 aliphatic rings. The van der Waals surface area contributed by atoms with E-state index in [9.17, 15) is 30.8 Å². The normalized spacial score (nSPS) is 11.8. The fourth-order valence-corrected chi connectivity index (χ4v) is 4.74. The van der Waals surface area contributed by atoms with Crippen molar-refractivity contribution in [3.8, 4) is 0 Å². The summed E-state index contributed by atoms with van der Waals surface area (Å²) in [4.78, 5) is 9.58. The van der Waals surface area contributed by atoms with Crippen LogP contribution in [0.1, 0.15) is 11.1 Å². The van der Waals surface area contributed by atoms with Crippen LogP contribution in [0, 0.1) is 30.2 Å². The lowest BCUT2D eigenvalue weighted by molar-refractivity contribution is -0.137. The molecule has 2 aromatic carbocycles. The van der Waals surface area contributed by atoms with Gasteiger partial charge in [0, 0.05) is 6.54 Å². The Morgan fingerprint density at radius 3 is 2.19 bits per heavy atom. The zero-order valence-electron chi connectivity index (χ0n) is 13.6. The van der Waals surface area contributed by atoms with Gasteiger partial charge in [-0.1, -0.05) is 24.3 Å². The molecular weight excluding hydrogens is 458 g/mol. The first kappa shape index (κ1) is 21.3. The Hall–Kier alpha value is -1.98. The predicted octanol–water partition coefficient (Wildman–Crippen LogP) is 3.59. The van der Waals surface area contributed by atoms with Crippen LogP contribution in [-0.4, -0.2) is 30.3 Å². The predicted molar refractivity (Wildman–Crippen MR) is 90.4 cm³/mol. The molecule has 0 atom stereocenters. The van der Waals surface area contributed by atoms with Gasteiger partial charge >= 0.3 is 5.97 Å². The minimum atomic E-state index is -5.05. The van der Waals surface area contributed by atoms with Gasteiger partial charge in [0.15, 0.2) is 23.3 Å². The summed E-state index contributed by atoms with van der Waals surface area (Å²) in [5, 5.41) is 9.01. The quantitative estimate of drug-likeness (QED) is 0.398. The van der Waals surface area contributed by atoms with Crippen LogP contribution < -0.4 is 0 Å². The fourth-order valence-electron chi connectivity index (χ4n) is 2.29. The third-order valence-corrected chi connectivity index (χ3v) is 6.53. The van der Waals surface area contributed by atoms with Crippen molar-refractivity contribution in [2.24, 2.45) is 0 Å². The maximum Gasteiger partial charge on any atom is 0.318 e. The molecular formula is C16H12BrF4NO4S. The highest BCUT2D eigenvalue weighted by molar-refractivity contribution is 9.10. The molecule has 0 aliphatic heterocycles. The van der Waals surface area contributed by atoms with Gasteiger partial charge < -0.3 is 5.11 Å². The van der Waals surface area contributed by atoms with Crippen LogP contribution in [0.4, 0.5) is 17.6 Å². The number of carboxylic acid groups (broad SMARTS) is 1. The first-order chi connectivity index (χ1) is 12.5. The van der Waals surface area contributed by atoms with Crippen molar-refractivity contribution in [2.75, 3.05) is 6.54 Å². The average Bonchev–Trinajstić information content (AvgIpc) is 2.59. The van der Waals surface area contributed by atoms with Crippen LogP contribution in [0.2, 0.25) is 0 Å². The highest BCUT2D eigenvalue weighted by Gasteiger charge is 2.36. The van der Waals surface area contributed by atoms with E-state index in [2.05, 4.69) is 15.9 Å². The summed E-state index contributed by atoms with van der Waals surface area (Å²) in [5.74, 6) is -10.2. The summed E-state index contributed by atoms with van der Waals surface area (Å²) in [6.07, 6.45) is 0. The van der Waals surface area contributed by atoms with Gasteiger partial charge in [-0.15, -0.1) is 0 Å². The number of aliphatic carboxylic acids is 1. The minimum Gasteiger partial charge on any atom is -0.480 e. The molecule has 0 radical (unpaired) electrons. The molecule has 0 spiro atoms. The van der Waals surface area contributed by atoms with E-state index in [1.807, 2.05) is 0 Å². The van der Waals surface area contributed by atoms with Crippen LogP contribution >= 0.6 is 15.9 Å². The second kappa shape index (κ2) is 7.95. The third-order valence-electron chi connectivity index (χ3n) is 3.69. The molecule has 0 saturated carbocycles. The van der Waals surface area contributed by atoms with E-state index in [1.165, 1.54) is 6.07 Å². The Labute approximate surface area is 160 Å². The number of sulfonamides is 1. The van der Waals surface area contributed by atoms with Crippen molar-refractivity contribution in [2.45, 2.75) is 18.4 Å². The summed E-state index contributed by atoms with van der Waals surface area (Å²) in [6.45, 7) is 0.0194. The van der Waals surface area contributed by atoms with Crippen LogP contribution in [0.5, 0.6) is 0 Å². The van der Waals surface area contributed by atoms with Crippen LogP contribution in [0.25, 0.3) is 0 Å². The molecule has 0 bridgehead atoms. The zero-order valence-corrected chi connectivity index (χ0v) is 16.0. The summed E-state index contributed by atoms with van der Waals surface area (Å²) in [5.41, 5.74) is 1.00. The van der Waals surface area contributed by atoms with Crippen molar-refractivity contribution in [3.05, 3.63) is 63.1 Å². The topological polar surface area (TPSA) is 74.7 Å². The lowest BCUT2D eigenvalue weighted by Gasteiger charge is -2.22. The number of carbonyl (C=O) groups is 1. The standard InChI is InChI=1S/C16H12BrF4NO4S/c1-8-4-2-3-5-9(8)6-22(7-10(23)24)27(25,26)16-11(17)12(18)13(19)14(20)15(16)21/h2-5H,6-7H2,1H3,(H,23,24). The fraction of sp³-hybridized carbons (Fsp3) is 0.188. The van der Waals surface area contributed by atoms with E-state index < -0.39 is 61.7 Å². The SMILES string of the molecule is Cc1ccccc1CN(CC(=O)O)S(=O)(=O)c1c(F)c(F)c(F)c(F)c1Br. The van der Waals surface area contributed by atoms with E-state index in [1.54, 1.807) is 25.1 Å². The van der Waals surface area contributed by atoms with E-state index in [-0.39, 0.29) is 0 Å². The largest absolute Gasteiger partial charge is 0.480 e. The molecule has 0 aromatic heterocycles. The van der Waals surface area contributed by atoms with Gasteiger partial charge in [0.1, 0.15) is 11.4 Å². The molecule has 5 nitrogen and oxygen atoms in total. The van der Waals surface area contributed by atoms with E-state index in [0.717, 1.165) is 0 Å². The summed E-state index contributed by atoms with van der Waals surface area (Å²) in [6, 6.07) is 6.38. The van der Waals surface area contributed by atoms with Crippen molar-refractivity contribution in [3.63, 3.8) is 0 Å². The Kier molecular flexibility index (Phi) is 6.28. The van der Waals surface area contributed by atoms with Gasteiger partial charge in [0.2, 0.25) is 10.0 Å². The Bertz CT molecular complexity index is 985. The van der Waals surface area contributed by atoms with Gasteiger partial charge in [-0.2, -0.15) is 4.31 Å². The molecule has 2 aromatic rings. The van der Waals surface area contributed by atoms with Gasteiger partial charge in [0.25, 0.3) is 0 Å². The number of benzene rings is 2. The van der Waals surface area contributed by atoms with Crippen molar-refractivity contribution < 1.29 is 35.9 Å². The van der Waals surface area contributed by atoms with E-state index >= 15 is 0 Å². The number of nitrogens with zero attached hydrogens (tertiary/aromatic N) is 1. The molecule has 0 unspecified atom stereocenters. The number of aryl methyl sites for hydroxylation is 1. The molecule has 0 saturated heterocycles. The molecule has 11 heteroatoms. The third kappa shape index (κ3) is 4.14. The molecule has 2 rings (SSSR count). The summed E-state index contributed by atoms with van der Waals surface area (Å²) in [7, 11) is -5.05. The highest BCUT2D eigenvalue weighted by Crippen LogP contribution is 2.34. The Morgan fingerprint density at radius 2 is 1.63 bits per heavy atom. The zero-order chi connectivity index (χ0) is 20.5. The molecule has 0 aliphatic carbocycles. The van der Waals surface area contributed by atoms with Gasteiger partial charge in [0.05, 0.1) is 4.47 Å². The lowest BCUT2D eigenvalue weighted by Crippen LogP contribution is -2.36. The summed E-state index contributed by atoms with van der Waals surface area (Å²) < 4.78 is 79.5. The minimum absolute atomic E-state index is 0.331. The monoisotopic (exact) mass is 469 g/mol. The molecule has 146 valence electrons. The Morgan fingerprint density at radius 1 is 1.07 bits per heavy atom. The number of rotatable bonds is 6. The second-order valence-corrected chi connectivity index (χ2v) is 8.16. The van der Waals surface area contributed by atoms with Crippen molar-refractivity contribution >= 4 is 31.9 Å². The highest BCUT2D eigenvalue weighted by atomic mass is 79.9. The first-order valence-corrected chi connectivity index (χ1v) is 9.49. The van der Waals surface area contributed by atoms with Gasteiger partial charge in [-0.05, 0) is 34.0 Å². The smallest absolute Gasteiger partial charge is 0.318 e. The van der Waals surface area contributed by atoms with Crippen LogP contribution in [-0.2, 0) is 21.4 Å². The maximum atomic E-state index is 14.1. The lowest BCUT2D eigenvalue weighted by atomic mass is 10.1.